The third-order valence-electron chi connectivity index (χ3n) is 11.6. The summed E-state index contributed by atoms with van der Waals surface area (Å²) in [5.41, 5.74) is 10.7. The molecule has 57 heavy (non-hydrogen) atoms. The molecule has 1 heteroatoms. The molecule has 0 aliphatic heterocycles. The van der Waals surface area contributed by atoms with Crippen LogP contribution < -0.4 is 4.90 Å². The summed E-state index contributed by atoms with van der Waals surface area (Å²) in [6.07, 6.45) is 0. The fourth-order valence-electron chi connectivity index (χ4n) is 8.88. The van der Waals surface area contributed by atoms with Crippen molar-refractivity contribution < 1.29 is 0 Å². The Balaban J connectivity index is 1.02. The molecule has 0 unspecified atom stereocenters. The van der Waals surface area contributed by atoms with E-state index in [-0.39, 0.29) is 0 Å². The summed E-state index contributed by atoms with van der Waals surface area (Å²) in [6, 6.07) is 82.0. The predicted molar refractivity (Wildman–Crippen MR) is 245 cm³/mol. The van der Waals surface area contributed by atoms with Crippen LogP contribution in [0.4, 0.5) is 17.1 Å². The van der Waals surface area contributed by atoms with Crippen LogP contribution >= 0.6 is 0 Å². The molecule has 11 aromatic carbocycles. The fourth-order valence-corrected chi connectivity index (χ4v) is 8.88. The summed E-state index contributed by atoms with van der Waals surface area (Å²) < 4.78 is 0. The minimum Gasteiger partial charge on any atom is -0.310 e. The van der Waals surface area contributed by atoms with Crippen LogP contribution in [-0.2, 0) is 0 Å². The van der Waals surface area contributed by atoms with Crippen molar-refractivity contribution in [3.05, 3.63) is 224 Å². The van der Waals surface area contributed by atoms with Crippen molar-refractivity contribution in [1.82, 2.24) is 0 Å². The molecule has 266 valence electrons. The summed E-state index contributed by atoms with van der Waals surface area (Å²) in [5, 5.41) is 12.6. The second-order valence-electron chi connectivity index (χ2n) is 14.9. The molecule has 11 aromatic rings. The van der Waals surface area contributed by atoms with Gasteiger partial charge in [-0.05, 0) is 136 Å². The third kappa shape index (κ3) is 5.72. The van der Waals surface area contributed by atoms with E-state index >= 15 is 0 Å². The van der Waals surface area contributed by atoms with Crippen molar-refractivity contribution in [1.29, 1.82) is 0 Å². The molecule has 0 spiro atoms. The van der Waals surface area contributed by atoms with Gasteiger partial charge in [0, 0.05) is 17.1 Å². The van der Waals surface area contributed by atoms with Gasteiger partial charge in [-0.15, -0.1) is 0 Å². The molecule has 0 bridgehead atoms. The quantitative estimate of drug-likeness (QED) is 0.154. The molecule has 11 rings (SSSR count). The Bertz CT molecular complexity index is 3280. The highest BCUT2D eigenvalue weighted by Gasteiger charge is 2.17. The van der Waals surface area contributed by atoms with Gasteiger partial charge < -0.3 is 4.90 Å². The molecule has 0 atom stereocenters. The molecule has 0 fully saturated rings. The van der Waals surface area contributed by atoms with E-state index in [2.05, 4.69) is 229 Å². The number of hydrogen-bond acceptors (Lipinski definition) is 1. The van der Waals surface area contributed by atoms with E-state index in [1.54, 1.807) is 0 Å². The van der Waals surface area contributed by atoms with Gasteiger partial charge in [-0.2, -0.15) is 0 Å². The molecule has 0 radical (unpaired) electrons. The zero-order valence-electron chi connectivity index (χ0n) is 31.3. The first-order valence-electron chi connectivity index (χ1n) is 19.7. The van der Waals surface area contributed by atoms with Gasteiger partial charge in [-0.25, -0.2) is 0 Å². The average molecular weight is 724 g/mol. The van der Waals surface area contributed by atoms with Crippen LogP contribution in [0.15, 0.2) is 224 Å². The first-order valence-corrected chi connectivity index (χ1v) is 19.7. The number of hydrogen-bond donors (Lipinski definition) is 0. The van der Waals surface area contributed by atoms with Crippen LogP contribution in [-0.4, -0.2) is 0 Å². The summed E-state index contributed by atoms with van der Waals surface area (Å²) in [7, 11) is 0. The van der Waals surface area contributed by atoms with Gasteiger partial charge in [-0.1, -0.05) is 176 Å². The standard InChI is InChI=1S/C56H37N/c1-2-14-41-35-46(34-25-38(41)13-1)57(45-32-28-40(29-33-45)55-36-42-15-3-5-18-48(42)50-20-9-11-23-53(50)55)44-30-26-39(27-31-44)47-17-7-8-22-52(47)56-37-43-16-4-6-19-49(43)51-21-10-12-24-54(51)56/h1-37H. The van der Waals surface area contributed by atoms with Crippen molar-refractivity contribution in [2.45, 2.75) is 0 Å². The molecule has 0 saturated carbocycles. The Labute approximate surface area is 332 Å². The summed E-state index contributed by atoms with van der Waals surface area (Å²) in [4.78, 5) is 2.38. The Morgan fingerprint density at radius 3 is 1.21 bits per heavy atom. The Morgan fingerprint density at radius 2 is 0.614 bits per heavy atom. The lowest BCUT2D eigenvalue weighted by Gasteiger charge is -2.26. The molecule has 0 N–H and O–H groups in total. The van der Waals surface area contributed by atoms with Gasteiger partial charge in [0.05, 0.1) is 0 Å². The topological polar surface area (TPSA) is 3.24 Å². The first kappa shape index (κ1) is 32.9. The molecule has 0 aliphatic rings. The van der Waals surface area contributed by atoms with Crippen LogP contribution in [0.25, 0.3) is 87.2 Å². The minimum absolute atomic E-state index is 1.10. The monoisotopic (exact) mass is 723 g/mol. The normalized spacial score (nSPS) is 11.5. The summed E-state index contributed by atoms with van der Waals surface area (Å²) in [5.74, 6) is 0. The lowest BCUT2D eigenvalue weighted by Crippen LogP contribution is -2.09. The molecular weight excluding hydrogens is 687 g/mol. The Kier molecular flexibility index (Phi) is 7.89. The highest BCUT2D eigenvalue weighted by Crippen LogP contribution is 2.43. The molecule has 0 saturated heterocycles. The zero-order valence-corrected chi connectivity index (χ0v) is 31.3. The van der Waals surface area contributed by atoms with Crippen LogP contribution in [0.2, 0.25) is 0 Å². The van der Waals surface area contributed by atoms with E-state index in [4.69, 9.17) is 0 Å². The Morgan fingerprint density at radius 1 is 0.211 bits per heavy atom. The van der Waals surface area contributed by atoms with Crippen LogP contribution in [0.5, 0.6) is 0 Å². The minimum atomic E-state index is 1.10. The molecule has 0 amide bonds. The van der Waals surface area contributed by atoms with E-state index in [9.17, 15) is 0 Å². The maximum absolute atomic E-state index is 2.38. The second kappa shape index (κ2) is 13.7. The number of anilines is 3. The molecular formula is C56H37N. The lowest BCUT2D eigenvalue weighted by atomic mass is 9.89. The van der Waals surface area contributed by atoms with Gasteiger partial charge in [0.25, 0.3) is 0 Å². The van der Waals surface area contributed by atoms with Gasteiger partial charge in [0.1, 0.15) is 0 Å². The number of benzene rings is 11. The van der Waals surface area contributed by atoms with Crippen molar-refractivity contribution in [2.75, 3.05) is 4.90 Å². The van der Waals surface area contributed by atoms with Gasteiger partial charge in [0.2, 0.25) is 0 Å². The third-order valence-corrected chi connectivity index (χ3v) is 11.6. The van der Waals surface area contributed by atoms with E-state index in [0.29, 0.717) is 0 Å². The van der Waals surface area contributed by atoms with E-state index < -0.39 is 0 Å². The smallest absolute Gasteiger partial charge is 0.0468 e. The van der Waals surface area contributed by atoms with Crippen LogP contribution in [0.1, 0.15) is 0 Å². The largest absolute Gasteiger partial charge is 0.310 e. The van der Waals surface area contributed by atoms with Crippen molar-refractivity contribution >= 4 is 70.9 Å². The fraction of sp³-hybridized carbons (Fsp3) is 0. The maximum Gasteiger partial charge on any atom is 0.0468 e. The number of rotatable bonds is 6. The summed E-state index contributed by atoms with van der Waals surface area (Å²) >= 11 is 0. The second-order valence-corrected chi connectivity index (χ2v) is 14.9. The van der Waals surface area contributed by atoms with Crippen molar-refractivity contribution in [3.63, 3.8) is 0 Å². The predicted octanol–water partition coefficient (Wildman–Crippen LogP) is 15.9. The van der Waals surface area contributed by atoms with Crippen molar-refractivity contribution in [3.8, 4) is 33.4 Å². The number of nitrogens with zero attached hydrogens (tertiary/aromatic N) is 1. The Hall–Kier alpha value is -7.48. The molecule has 0 aliphatic carbocycles. The lowest BCUT2D eigenvalue weighted by molar-refractivity contribution is 1.29. The van der Waals surface area contributed by atoms with E-state index in [1.165, 1.54) is 87.2 Å². The molecule has 0 heterocycles. The highest BCUT2D eigenvalue weighted by molar-refractivity contribution is 6.15. The van der Waals surface area contributed by atoms with Gasteiger partial charge >= 0.3 is 0 Å². The van der Waals surface area contributed by atoms with Gasteiger partial charge in [-0.3, -0.25) is 0 Å². The highest BCUT2D eigenvalue weighted by atomic mass is 15.1. The maximum atomic E-state index is 2.38. The molecule has 0 aromatic heterocycles. The van der Waals surface area contributed by atoms with Gasteiger partial charge in [0.15, 0.2) is 0 Å². The van der Waals surface area contributed by atoms with Crippen LogP contribution in [0, 0.1) is 0 Å². The van der Waals surface area contributed by atoms with E-state index in [1.807, 2.05) is 0 Å². The van der Waals surface area contributed by atoms with Crippen LogP contribution in [0.3, 0.4) is 0 Å². The zero-order chi connectivity index (χ0) is 37.7. The first-order chi connectivity index (χ1) is 28.3. The number of fused-ring (bicyclic) bond motifs is 7. The molecule has 1 nitrogen and oxygen atoms in total. The van der Waals surface area contributed by atoms with E-state index in [0.717, 1.165) is 17.1 Å². The van der Waals surface area contributed by atoms with Crippen molar-refractivity contribution in [2.24, 2.45) is 0 Å². The summed E-state index contributed by atoms with van der Waals surface area (Å²) in [6.45, 7) is 0. The average Bonchev–Trinajstić information content (AvgIpc) is 3.29. The SMILES string of the molecule is c1ccc(-c2cc3ccccc3c3ccccc23)c(-c2ccc(N(c3ccc(-c4cc5ccccc5c5ccccc45)cc3)c3ccc4ccccc4c3)cc2)c1.